The number of morpholine rings is 1. The molecule has 3 aliphatic heterocycles. The van der Waals surface area contributed by atoms with Crippen molar-refractivity contribution in [3.63, 3.8) is 0 Å². The largest absolute Gasteiger partial charge is 0.373 e. The van der Waals surface area contributed by atoms with Crippen molar-refractivity contribution in [3.8, 4) is 0 Å². The Bertz CT molecular complexity index is 681. The molecule has 2 amide bonds. The first kappa shape index (κ1) is 15.5. The summed E-state index contributed by atoms with van der Waals surface area (Å²) >= 11 is 0. The van der Waals surface area contributed by atoms with Crippen LogP contribution in [0.1, 0.15) is 23.2 Å². The summed E-state index contributed by atoms with van der Waals surface area (Å²) < 4.78 is 20.0. The molecule has 7 heteroatoms. The molecule has 0 radical (unpaired) electrons. The second-order valence-corrected chi connectivity index (χ2v) is 6.45. The number of ether oxygens (including phenoxy) is 1. The van der Waals surface area contributed by atoms with Crippen LogP contribution in [0.3, 0.4) is 0 Å². The molecule has 0 saturated carbocycles. The number of halogens is 1. The highest BCUT2D eigenvalue weighted by Gasteiger charge is 2.39. The van der Waals surface area contributed by atoms with Gasteiger partial charge in [0.15, 0.2) is 0 Å². The van der Waals surface area contributed by atoms with Gasteiger partial charge in [0.05, 0.1) is 24.3 Å². The summed E-state index contributed by atoms with van der Waals surface area (Å²) in [5.41, 5.74) is 0.622. The Balaban J connectivity index is 1.62. The molecule has 0 bridgehead atoms. The summed E-state index contributed by atoms with van der Waals surface area (Å²) in [5, 5.41) is 3.21. The Hall–Kier alpha value is -1.99. The Morgan fingerprint density at radius 2 is 2.17 bits per heavy atom. The van der Waals surface area contributed by atoms with Gasteiger partial charge in [-0.25, -0.2) is 4.39 Å². The minimum atomic E-state index is -0.551. The molecule has 2 atom stereocenters. The van der Waals surface area contributed by atoms with Gasteiger partial charge in [-0.1, -0.05) is 0 Å². The van der Waals surface area contributed by atoms with Gasteiger partial charge in [0.25, 0.3) is 5.91 Å². The van der Waals surface area contributed by atoms with Crippen LogP contribution in [0.4, 0.5) is 10.1 Å². The monoisotopic (exact) mass is 333 g/mol. The van der Waals surface area contributed by atoms with Crippen molar-refractivity contribution >= 4 is 17.5 Å². The SMILES string of the molecule is O=C1CCCN1c1ccc(F)c(C(=O)N2CCO[C@H]3CNC[C@H]32)c1. The molecule has 4 rings (SSSR count). The zero-order valence-electron chi connectivity index (χ0n) is 13.3. The molecular formula is C17H20FN3O3. The minimum Gasteiger partial charge on any atom is -0.373 e. The number of hydrogen-bond donors (Lipinski definition) is 1. The van der Waals surface area contributed by atoms with Gasteiger partial charge in [0.2, 0.25) is 5.91 Å². The van der Waals surface area contributed by atoms with E-state index in [0.717, 1.165) is 6.42 Å². The number of amides is 2. The lowest BCUT2D eigenvalue weighted by atomic mass is 10.1. The molecule has 3 saturated heterocycles. The number of nitrogens with one attached hydrogen (secondary N) is 1. The first-order chi connectivity index (χ1) is 11.6. The maximum absolute atomic E-state index is 14.3. The Morgan fingerprint density at radius 1 is 1.29 bits per heavy atom. The van der Waals surface area contributed by atoms with E-state index in [0.29, 0.717) is 44.9 Å². The van der Waals surface area contributed by atoms with Crippen LogP contribution >= 0.6 is 0 Å². The molecule has 0 unspecified atom stereocenters. The highest BCUT2D eigenvalue weighted by molar-refractivity contribution is 5.99. The molecule has 1 N–H and O–H groups in total. The lowest BCUT2D eigenvalue weighted by molar-refractivity contribution is -0.117. The van der Waals surface area contributed by atoms with E-state index in [4.69, 9.17) is 4.74 Å². The minimum absolute atomic E-state index is 0.0198. The molecule has 1 aromatic rings. The number of fused-ring (bicyclic) bond motifs is 1. The number of nitrogens with zero attached hydrogens (tertiary/aromatic N) is 2. The van der Waals surface area contributed by atoms with Crippen molar-refractivity contribution in [3.05, 3.63) is 29.6 Å². The average molecular weight is 333 g/mol. The van der Waals surface area contributed by atoms with Crippen molar-refractivity contribution in [2.24, 2.45) is 0 Å². The van der Waals surface area contributed by atoms with E-state index in [2.05, 4.69) is 5.32 Å². The average Bonchev–Trinajstić information content (AvgIpc) is 3.23. The number of hydrogen-bond acceptors (Lipinski definition) is 4. The third kappa shape index (κ3) is 2.57. The standard InChI is InChI=1S/C17H20FN3O3/c18-13-4-3-11(20-5-1-2-16(20)22)8-12(13)17(23)21-6-7-24-15-10-19-9-14(15)21/h3-4,8,14-15,19H,1-2,5-7,9-10H2/t14-,15+/m1/s1. The topological polar surface area (TPSA) is 61.9 Å². The van der Waals surface area contributed by atoms with Crippen molar-refractivity contribution in [1.82, 2.24) is 10.2 Å². The fourth-order valence-corrected chi connectivity index (χ4v) is 3.76. The Morgan fingerprint density at radius 3 is 2.96 bits per heavy atom. The third-order valence-corrected chi connectivity index (χ3v) is 5.02. The van der Waals surface area contributed by atoms with Gasteiger partial charge in [0.1, 0.15) is 5.82 Å². The first-order valence-corrected chi connectivity index (χ1v) is 8.38. The van der Waals surface area contributed by atoms with Crippen molar-refractivity contribution < 1.29 is 18.7 Å². The Kier molecular flexibility index (Phi) is 3.97. The molecule has 3 fully saturated rings. The summed E-state index contributed by atoms with van der Waals surface area (Å²) in [7, 11) is 0. The molecule has 0 aromatic heterocycles. The highest BCUT2D eigenvalue weighted by atomic mass is 19.1. The second kappa shape index (κ2) is 6.14. The van der Waals surface area contributed by atoms with E-state index < -0.39 is 5.82 Å². The number of anilines is 1. The lowest BCUT2D eigenvalue weighted by Gasteiger charge is -2.37. The second-order valence-electron chi connectivity index (χ2n) is 6.45. The normalized spacial score (nSPS) is 26.8. The predicted octanol–water partition coefficient (Wildman–Crippen LogP) is 0.765. The van der Waals surface area contributed by atoms with Crippen LogP contribution in [-0.2, 0) is 9.53 Å². The fourth-order valence-electron chi connectivity index (χ4n) is 3.76. The Labute approximate surface area is 139 Å². The van der Waals surface area contributed by atoms with Gasteiger partial charge in [-0.05, 0) is 24.6 Å². The van der Waals surface area contributed by atoms with E-state index in [1.807, 2.05) is 0 Å². The summed E-state index contributed by atoms with van der Waals surface area (Å²) in [6.45, 7) is 2.89. The molecule has 3 aliphatic rings. The van der Waals surface area contributed by atoms with Crippen LogP contribution in [0.15, 0.2) is 18.2 Å². The summed E-state index contributed by atoms with van der Waals surface area (Å²) in [4.78, 5) is 28.1. The van der Waals surface area contributed by atoms with Crippen LogP contribution < -0.4 is 10.2 Å². The molecule has 128 valence electrons. The van der Waals surface area contributed by atoms with Crippen LogP contribution in [0.25, 0.3) is 0 Å². The molecule has 6 nitrogen and oxygen atoms in total. The van der Waals surface area contributed by atoms with Crippen LogP contribution in [0, 0.1) is 5.82 Å². The zero-order chi connectivity index (χ0) is 16.7. The summed E-state index contributed by atoms with van der Waals surface area (Å²) in [6, 6.07) is 4.28. The quantitative estimate of drug-likeness (QED) is 0.868. The number of rotatable bonds is 2. The highest BCUT2D eigenvalue weighted by Crippen LogP contribution is 2.26. The molecule has 1 aromatic carbocycles. The van der Waals surface area contributed by atoms with Gasteiger partial charge in [0, 0.05) is 38.3 Å². The maximum atomic E-state index is 14.3. The maximum Gasteiger partial charge on any atom is 0.257 e. The molecule has 3 heterocycles. The first-order valence-electron chi connectivity index (χ1n) is 8.38. The number of carbonyl (C=O) groups is 2. The zero-order valence-corrected chi connectivity index (χ0v) is 13.3. The molecule has 0 spiro atoms. The number of carbonyl (C=O) groups excluding carboxylic acids is 2. The predicted molar refractivity (Wildman–Crippen MR) is 85.4 cm³/mol. The van der Waals surface area contributed by atoms with Gasteiger partial charge >= 0.3 is 0 Å². The molecular weight excluding hydrogens is 313 g/mol. The van der Waals surface area contributed by atoms with E-state index in [1.165, 1.54) is 12.1 Å². The van der Waals surface area contributed by atoms with Gasteiger partial charge in [-0.2, -0.15) is 0 Å². The summed E-state index contributed by atoms with van der Waals surface area (Å²) in [6.07, 6.45) is 1.26. The van der Waals surface area contributed by atoms with Crippen molar-refractivity contribution in [2.45, 2.75) is 25.0 Å². The fraction of sp³-hybridized carbons (Fsp3) is 0.529. The van der Waals surface area contributed by atoms with Gasteiger partial charge < -0.3 is 19.9 Å². The third-order valence-electron chi connectivity index (χ3n) is 5.02. The smallest absolute Gasteiger partial charge is 0.257 e. The molecule has 0 aliphatic carbocycles. The van der Waals surface area contributed by atoms with E-state index in [9.17, 15) is 14.0 Å². The summed E-state index contributed by atoms with van der Waals surface area (Å²) in [5.74, 6) is -0.862. The van der Waals surface area contributed by atoms with Crippen LogP contribution in [-0.4, -0.2) is 61.6 Å². The number of benzene rings is 1. The molecule has 24 heavy (non-hydrogen) atoms. The van der Waals surface area contributed by atoms with E-state index in [1.54, 1.807) is 15.9 Å². The van der Waals surface area contributed by atoms with E-state index >= 15 is 0 Å². The van der Waals surface area contributed by atoms with Crippen LogP contribution in [0.5, 0.6) is 0 Å². The van der Waals surface area contributed by atoms with Gasteiger partial charge in [-0.3, -0.25) is 9.59 Å². The van der Waals surface area contributed by atoms with Crippen molar-refractivity contribution in [1.29, 1.82) is 0 Å². The van der Waals surface area contributed by atoms with E-state index in [-0.39, 0.29) is 29.5 Å². The lowest BCUT2D eigenvalue weighted by Crippen LogP contribution is -2.53. The van der Waals surface area contributed by atoms with Gasteiger partial charge in [-0.15, -0.1) is 0 Å². The van der Waals surface area contributed by atoms with Crippen LogP contribution in [0.2, 0.25) is 0 Å². The van der Waals surface area contributed by atoms with Crippen molar-refractivity contribution in [2.75, 3.05) is 37.7 Å².